The first-order valence-electron chi connectivity index (χ1n) is 6.39. The summed E-state index contributed by atoms with van der Waals surface area (Å²) in [5.41, 5.74) is 0.592. The minimum Gasteiger partial charge on any atom is -0.293 e. The van der Waals surface area contributed by atoms with Crippen LogP contribution in [0.5, 0.6) is 0 Å². The average molecular weight is 307 g/mol. The molecular weight excluding hydrogens is 292 g/mol. The van der Waals surface area contributed by atoms with Gasteiger partial charge in [0.2, 0.25) is 0 Å². The Morgan fingerprint density at radius 1 is 1.15 bits per heavy atom. The molecule has 2 unspecified atom stereocenters. The van der Waals surface area contributed by atoms with E-state index in [4.69, 9.17) is 11.6 Å². The molecule has 2 aromatic carbocycles. The van der Waals surface area contributed by atoms with Crippen LogP contribution in [0.25, 0.3) is 0 Å². The molecule has 0 saturated carbocycles. The van der Waals surface area contributed by atoms with E-state index in [9.17, 15) is 9.00 Å². The highest BCUT2D eigenvalue weighted by molar-refractivity contribution is 7.86. The lowest BCUT2D eigenvalue weighted by atomic mass is 10.1. The number of halogens is 1. The molecule has 0 aliphatic heterocycles. The first-order chi connectivity index (χ1) is 9.63. The molecule has 0 fully saturated rings. The van der Waals surface area contributed by atoms with Gasteiger partial charge in [0.05, 0.1) is 10.8 Å². The molecule has 20 heavy (non-hydrogen) atoms. The number of carbonyl (C=O) groups excluding carboxylic acids is 1. The summed E-state index contributed by atoms with van der Waals surface area (Å²) in [6.45, 7) is 1.87. The number of rotatable bonds is 5. The highest BCUT2D eigenvalue weighted by atomic mass is 35.5. The predicted octanol–water partition coefficient (Wildman–Crippen LogP) is 4.11. The molecule has 0 aliphatic rings. The van der Waals surface area contributed by atoms with Gasteiger partial charge in [-0.3, -0.25) is 9.00 Å². The number of hydrogen-bond acceptors (Lipinski definition) is 2. The number of ketones is 1. The van der Waals surface area contributed by atoms with Gasteiger partial charge in [0.25, 0.3) is 0 Å². The van der Waals surface area contributed by atoms with E-state index in [1.54, 1.807) is 36.4 Å². The van der Waals surface area contributed by atoms with Crippen molar-refractivity contribution in [3.63, 3.8) is 0 Å². The predicted molar refractivity (Wildman–Crippen MR) is 82.7 cm³/mol. The Hall–Kier alpha value is -1.45. The van der Waals surface area contributed by atoms with Crippen LogP contribution in [-0.2, 0) is 10.8 Å². The Bertz CT molecular complexity index is 625. The van der Waals surface area contributed by atoms with Crippen molar-refractivity contribution in [3.8, 4) is 0 Å². The summed E-state index contributed by atoms with van der Waals surface area (Å²) in [5.74, 6) is -0.0913. The van der Waals surface area contributed by atoms with Crippen LogP contribution < -0.4 is 0 Å². The first-order valence-corrected chi connectivity index (χ1v) is 7.98. The minimum absolute atomic E-state index is 0.0913. The zero-order chi connectivity index (χ0) is 14.5. The molecule has 2 nitrogen and oxygen atoms in total. The standard InChI is InChI=1S/C16H15ClO2S/c1-2-15(16(18)12-7-4-3-5-8-12)20(19)14-10-6-9-13(17)11-14/h3-11,15H,2H2,1H3. The third-order valence-corrected chi connectivity index (χ3v) is 5.03. The molecule has 0 bridgehead atoms. The second kappa shape index (κ2) is 6.82. The maximum atomic E-state index is 12.6. The molecule has 2 atom stereocenters. The van der Waals surface area contributed by atoms with E-state index >= 15 is 0 Å². The quantitative estimate of drug-likeness (QED) is 0.779. The zero-order valence-electron chi connectivity index (χ0n) is 11.1. The number of benzene rings is 2. The van der Waals surface area contributed by atoms with Gasteiger partial charge in [0, 0.05) is 15.5 Å². The highest BCUT2D eigenvalue weighted by Crippen LogP contribution is 2.20. The molecule has 0 aromatic heterocycles. The van der Waals surface area contributed by atoms with Crippen LogP contribution in [0.15, 0.2) is 59.5 Å². The molecule has 104 valence electrons. The average Bonchev–Trinajstić information content (AvgIpc) is 2.48. The van der Waals surface area contributed by atoms with Crippen molar-refractivity contribution in [2.45, 2.75) is 23.5 Å². The molecule has 0 spiro atoms. The SMILES string of the molecule is CCC(C(=O)c1ccccc1)S(=O)c1cccc(Cl)c1. The summed E-state index contributed by atoms with van der Waals surface area (Å²) in [5, 5.41) is -0.0197. The van der Waals surface area contributed by atoms with E-state index in [1.807, 2.05) is 25.1 Å². The van der Waals surface area contributed by atoms with Crippen molar-refractivity contribution < 1.29 is 9.00 Å². The Morgan fingerprint density at radius 2 is 1.85 bits per heavy atom. The smallest absolute Gasteiger partial charge is 0.178 e. The number of Topliss-reactive ketones (excluding diaryl/α,β-unsaturated/α-hetero) is 1. The third-order valence-electron chi connectivity index (χ3n) is 3.01. The van der Waals surface area contributed by atoms with E-state index in [-0.39, 0.29) is 5.78 Å². The van der Waals surface area contributed by atoms with Crippen molar-refractivity contribution in [3.05, 3.63) is 65.2 Å². The van der Waals surface area contributed by atoms with Gasteiger partial charge >= 0.3 is 0 Å². The molecule has 2 aromatic rings. The van der Waals surface area contributed by atoms with Crippen LogP contribution in [0.3, 0.4) is 0 Å². The lowest BCUT2D eigenvalue weighted by molar-refractivity contribution is 0.0986. The number of carbonyl (C=O) groups is 1. The Balaban J connectivity index is 2.29. The largest absolute Gasteiger partial charge is 0.293 e. The van der Waals surface area contributed by atoms with Gasteiger partial charge in [-0.25, -0.2) is 0 Å². The normalized spacial score (nSPS) is 13.7. The second-order valence-corrected chi connectivity index (χ2v) is 6.45. The molecule has 0 radical (unpaired) electrons. The monoisotopic (exact) mass is 306 g/mol. The maximum absolute atomic E-state index is 12.6. The summed E-state index contributed by atoms with van der Waals surface area (Å²) in [6.07, 6.45) is 0.521. The Kier molecular flexibility index (Phi) is 5.10. The Morgan fingerprint density at radius 3 is 2.45 bits per heavy atom. The van der Waals surface area contributed by atoms with Crippen LogP contribution in [0.1, 0.15) is 23.7 Å². The third kappa shape index (κ3) is 3.35. The Labute approximate surface area is 126 Å². The fraction of sp³-hybridized carbons (Fsp3) is 0.188. The van der Waals surface area contributed by atoms with Crippen molar-refractivity contribution in [2.75, 3.05) is 0 Å². The summed E-state index contributed by atoms with van der Waals surface area (Å²) >= 11 is 5.91. The lowest BCUT2D eigenvalue weighted by Crippen LogP contribution is -2.25. The van der Waals surface area contributed by atoms with E-state index in [2.05, 4.69) is 0 Å². The molecule has 0 aliphatic carbocycles. The van der Waals surface area contributed by atoms with Gasteiger partial charge in [-0.2, -0.15) is 0 Å². The van der Waals surface area contributed by atoms with Gasteiger partial charge in [-0.05, 0) is 24.6 Å². The van der Waals surface area contributed by atoms with E-state index < -0.39 is 16.0 Å². The fourth-order valence-corrected chi connectivity index (χ4v) is 3.65. The van der Waals surface area contributed by atoms with E-state index in [0.717, 1.165) is 0 Å². The van der Waals surface area contributed by atoms with Gasteiger partial charge in [-0.1, -0.05) is 54.9 Å². The van der Waals surface area contributed by atoms with Crippen molar-refractivity contribution >= 4 is 28.2 Å². The molecule has 4 heteroatoms. The summed E-state index contributed by atoms with van der Waals surface area (Å²) in [4.78, 5) is 13.0. The van der Waals surface area contributed by atoms with Crippen LogP contribution in [0.2, 0.25) is 5.02 Å². The molecular formula is C16H15ClO2S. The molecule has 0 saturated heterocycles. The molecule has 0 N–H and O–H groups in total. The summed E-state index contributed by atoms with van der Waals surface area (Å²) in [7, 11) is -1.40. The minimum atomic E-state index is -1.40. The van der Waals surface area contributed by atoms with E-state index in [1.165, 1.54) is 0 Å². The summed E-state index contributed by atoms with van der Waals surface area (Å²) < 4.78 is 12.6. The van der Waals surface area contributed by atoms with Gasteiger partial charge < -0.3 is 0 Å². The number of hydrogen-bond donors (Lipinski definition) is 0. The molecule has 2 rings (SSSR count). The fourth-order valence-electron chi connectivity index (χ4n) is 1.98. The van der Waals surface area contributed by atoms with Crippen LogP contribution >= 0.6 is 11.6 Å². The van der Waals surface area contributed by atoms with Crippen LogP contribution in [0.4, 0.5) is 0 Å². The summed E-state index contributed by atoms with van der Waals surface area (Å²) in [6, 6.07) is 15.8. The van der Waals surface area contributed by atoms with E-state index in [0.29, 0.717) is 21.9 Å². The maximum Gasteiger partial charge on any atom is 0.178 e. The topological polar surface area (TPSA) is 34.1 Å². The van der Waals surface area contributed by atoms with Gasteiger partial charge in [0.1, 0.15) is 5.25 Å². The van der Waals surface area contributed by atoms with Crippen molar-refractivity contribution in [1.29, 1.82) is 0 Å². The van der Waals surface area contributed by atoms with Gasteiger partial charge in [0.15, 0.2) is 5.78 Å². The molecule has 0 amide bonds. The van der Waals surface area contributed by atoms with Crippen LogP contribution in [-0.4, -0.2) is 15.2 Å². The van der Waals surface area contributed by atoms with Gasteiger partial charge in [-0.15, -0.1) is 0 Å². The van der Waals surface area contributed by atoms with Crippen molar-refractivity contribution in [1.82, 2.24) is 0 Å². The zero-order valence-corrected chi connectivity index (χ0v) is 12.7. The molecule has 0 heterocycles. The lowest BCUT2D eigenvalue weighted by Gasteiger charge is -2.14. The van der Waals surface area contributed by atoms with Crippen molar-refractivity contribution in [2.24, 2.45) is 0 Å². The van der Waals surface area contributed by atoms with Crippen LogP contribution in [0, 0.1) is 0 Å². The first kappa shape index (κ1) is 14.9. The highest BCUT2D eigenvalue weighted by Gasteiger charge is 2.25. The second-order valence-electron chi connectivity index (χ2n) is 4.38.